The SMILES string of the molecule is COc1ccc(Cc2nnc(S(=O)(=O)Cl)n2C(C)C)cc1. The van der Waals surface area contributed by atoms with Crippen LogP contribution >= 0.6 is 10.7 Å². The molecule has 114 valence electrons. The molecule has 0 saturated heterocycles. The second-order valence-corrected chi connectivity index (χ2v) is 7.28. The first-order valence-electron chi connectivity index (χ1n) is 6.34. The van der Waals surface area contributed by atoms with Crippen LogP contribution < -0.4 is 4.74 Å². The van der Waals surface area contributed by atoms with Gasteiger partial charge in [-0.05, 0) is 31.5 Å². The number of hydrogen-bond acceptors (Lipinski definition) is 5. The van der Waals surface area contributed by atoms with Gasteiger partial charge in [0.05, 0.1) is 7.11 Å². The van der Waals surface area contributed by atoms with Crippen LogP contribution in [-0.2, 0) is 15.5 Å². The molecule has 0 bridgehead atoms. The van der Waals surface area contributed by atoms with Crippen molar-refractivity contribution in [1.29, 1.82) is 0 Å². The predicted molar refractivity (Wildman–Crippen MR) is 79.2 cm³/mol. The highest BCUT2D eigenvalue weighted by Gasteiger charge is 2.24. The first-order valence-corrected chi connectivity index (χ1v) is 8.65. The Morgan fingerprint density at radius 3 is 2.33 bits per heavy atom. The third-order valence-corrected chi connectivity index (χ3v) is 4.12. The summed E-state index contributed by atoms with van der Waals surface area (Å²) in [6.07, 6.45) is 0.460. The fraction of sp³-hybridized carbons (Fsp3) is 0.385. The van der Waals surface area contributed by atoms with Gasteiger partial charge in [0, 0.05) is 23.1 Å². The van der Waals surface area contributed by atoms with E-state index in [-0.39, 0.29) is 11.2 Å². The zero-order chi connectivity index (χ0) is 15.6. The summed E-state index contributed by atoms with van der Waals surface area (Å²) in [7, 11) is 3.08. The van der Waals surface area contributed by atoms with Gasteiger partial charge < -0.3 is 4.74 Å². The molecular formula is C13H16ClN3O3S. The topological polar surface area (TPSA) is 74.1 Å². The van der Waals surface area contributed by atoms with E-state index < -0.39 is 9.05 Å². The molecule has 0 aliphatic heterocycles. The van der Waals surface area contributed by atoms with E-state index in [0.717, 1.165) is 11.3 Å². The molecule has 6 nitrogen and oxygen atoms in total. The molecule has 0 spiro atoms. The third kappa shape index (κ3) is 3.54. The van der Waals surface area contributed by atoms with Crippen molar-refractivity contribution in [2.24, 2.45) is 0 Å². The summed E-state index contributed by atoms with van der Waals surface area (Å²) in [6.45, 7) is 3.71. The predicted octanol–water partition coefficient (Wildman–Crippen LogP) is 2.39. The number of aromatic nitrogens is 3. The van der Waals surface area contributed by atoms with Crippen molar-refractivity contribution in [1.82, 2.24) is 14.8 Å². The van der Waals surface area contributed by atoms with Gasteiger partial charge in [0.2, 0.25) is 0 Å². The molecule has 21 heavy (non-hydrogen) atoms. The van der Waals surface area contributed by atoms with Crippen LogP contribution in [0.3, 0.4) is 0 Å². The Labute approximate surface area is 128 Å². The van der Waals surface area contributed by atoms with Crippen molar-refractivity contribution in [3.63, 3.8) is 0 Å². The van der Waals surface area contributed by atoms with E-state index in [2.05, 4.69) is 10.2 Å². The highest BCUT2D eigenvalue weighted by atomic mass is 35.7. The zero-order valence-electron chi connectivity index (χ0n) is 11.9. The molecule has 2 aromatic rings. The van der Waals surface area contributed by atoms with E-state index in [1.54, 1.807) is 7.11 Å². The quantitative estimate of drug-likeness (QED) is 0.787. The van der Waals surface area contributed by atoms with E-state index in [9.17, 15) is 8.42 Å². The van der Waals surface area contributed by atoms with Crippen molar-refractivity contribution in [3.8, 4) is 5.75 Å². The zero-order valence-corrected chi connectivity index (χ0v) is 13.5. The Morgan fingerprint density at radius 1 is 1.24 bits per heavy atom. The molecule has 2 rings (SSSR count). The lowest BCUT2D eigenvalue weighted by Gasteiger charge is -2.12. The molecule has 0 amide bonds. The number of nitrogens with zero attached hydrogens (tertiary/aromatic N) is 3. The van der Waals surface area contributed by atoms with Gasteiger partial charge in [-0.2, -0.15) is 0 Å². The highest BCUT2D eigenvalue weighted by molar-refractivity contribution is 8.13. The van der Waals surface area contributed by atoms with Crippen molar-refractivity contribution >= 4 is 19.7 Å². The van der Waals surface area contributed by atoms with Crippen molar-refractivity contribution in [3.05, 3.63) is 35.7 Å². The summed E-state index contributed by atoms with van der Waals surface area (Å²) in [4.78, 5) is 0. The van der Waals surface area contributed by atoms with Gasteiger partial charge in [-0.1, -0.05) is 12.1 Å². The second-order valence-electron chi connectivity index (χ2n) is 4.83. The minimum absolute atomic E-state index is 0.114. The lowest BCUT2D eigenvalue weighted by molar-refractivity contribution is 0.414. The molecule has 0 N–H and O–H groups in total. The lowest BCUT2D eigenvalue weighted by atomic mass is 10.1. The molecule has 0 unspecified atom stereocenters. The van der Waals surface area contributed by atoms with E-state index in [0.29, 0.717) is 12.2 Å². The van der Waals surface area contributed by atoms with Crippen LogP contribution in [0.25, 0.3) is 0 Å². The van der Waals surface area contributed by atoms with Crippen LogP contribution in [0.2, 0.25) is 0 Å². The van der Waals surface area contributed by atoms with Gasteiger partial charge >= 0.3 is 0 Å². The minimum atomic E-state index is -3.92. The fourth-order valence-electron chi connectivity index (χ4n) is 2.04. The van der Waals surface area contributed by atoms with Crippen LogP contribution in [-0.4, -0.2) is 30.3 Å². The Kier molecular flexibility index (Phi) is 4.53. The number of ether oxygens (including phenoxy) is 1. The Hall–Kier alpha value is -1.60. The average Bonchev–Trinajstić information content (AvgIpc) is 2.83. The van der Waals surface area contributed by atoms with Crippen LogP contribution in [0.1, 0.15) is 31.3 Å². The van der Waals surface area contributed by atoms with Gasteiger partial charge in [0.25, 0.3) is 14.2 Å². The standard InChI is InChI=1S/C13H16ClN3O3S/c1-9(2)17-12(15-16-13(17)21(14,18)19)8-10-4-6-11(20-3)7-5-10/h4-7,9H,8H2,1-3H3. The van der Waals surface area contributed by atoms with Gasteiger partial charge in [-0.15, -0.1) is 10.2 Å². The summed E-state index contributed by atoms with van der Waals surface area (Å²) < 4.78 is 29.7. The number of rotatable bonds is 5. The second kappa shape index (κ2) is 6.03. The Balaban J connectivity index is 2.38. The van der Waals surface area contributed by atoms with Crippen LogP contribution in [0.5, 0.6) is 5.75 Å². The third-order valence-electron chi connectivity index (χ3n) is 2.99. The molecule has 0 fully saturated rings. The molecule has 0 saturated carbocycles. The van der Waals surface area contributed by atoms with Crippen molar-refractivity contribution in [2.75, 3.05) is 7.11 Å². The van der Waals surface area contributed by atoms with E-state index in [1.165, 1.54) is 4.57 Å². The smallest absolute Gasteiger partial charge is 0.296 e. The van der Waals surface area contributed by atoms with Crippen LogP contribution in [0, 0.1) is 0 Å². The summed E-state index contributed by atoms with van der Waals surface area (Å²) in [6, 6.07) is 7.35. The number of hydrogen-bond donors (Lipinski definition) is 0. The first kappa shape index (κ1) is 15.8. The largest absolute Gasteiger partial charge is 0.497 e. The maximum Gasteiger partial charge on any atom is 0.296 e. The summed E-state index contributed by atoms with van der Waals surface area (Å²) in [5.74, 6) is 1.31. The highest BCUT2D eigenvalue weighted by Crippen LogP contribution is 2.21. The summed E-state index contributed by atoms with van der Waals surface area (Å²) >= 11 is 0. The number of methoxy groups -OCH3 is 1. The van der Waals surface area contributed by atoms with Gasteiger partial charge in [0.1, 0.15) is 11.6 Å². The van der Waals surface area contributed by atoms with Gasteiger partial charge in [0.15, 0.2) is 0 Å². The lowest BCUT2D eigenvalue weighted by Crippen LogP contribution is -2.12. The maximum atomic E-state index is 11.5. The minimum Gasteiger partial charge on any atom is -0.497 e. The monoisotopic (exact) mass is 329 g/mol. The fourth-order valence-corrected chi connectivity index (χ4v) is 3.04. The molecule has 1 aromatic carbocycles. The van der Waals surface area contributed by atoms with Gasteiger partial charge in [-0.25, -0.2) is 8.42 Å². The van der Waals surface area contributed by atoms with Crippen LogP contribution in [0.15, 0.2) is 29.4 Å². The molecule has 1 aromatic heterocycles. The Morgan fingerprint density at radius 2 is 1.86 bits per heavy atom. The molecule has 1 heterocycles. The maximum absolute atomic E-state index is 11.5. The molecular weight excluding hydrogens is 314 g/mol. The molecule has 8 heteroatoms. The van der Waals surface area contributed by atoms with Crippen molar-refractivity contribution in [2.45, 2.75) is 31.5 Å². The Bertz CT molecular complexity index is 724. The molecule has 0 atom stereocenters. The van der Waals surface area contributed by atoms with Gasteiger partial charge in [-0.3, -0.25) is 4.57 Å². The summed E-state index contributed by atoms with van der Waals surface area (Å²) in [5.41, 5.74) is 0.976. The average molecular weight is 330 g/mol. The van der Waals surface area contributed by atoms with Crippen molar-refractivity contribution < 1.29 is 13.2 Å². The number of benzene rings is 1. The first-order chi connectivity index (χ1) is 9.82. The molecule has 0 radical (unpaired) electrons. The van der Waals surface area contributed by atoms with E-state index >= 15 is 0 Å². The molecule has 0 aliphatic carbocycles. The van der Waals surface area contributed by atoms with Crippen LogP contribution in [0.4, 0.5) is 0 Å². The van der Waals surface area contributed by atoms with E-state index in [1.807, 2.05) is 38.1 Å². The summed E-state index contributed by atoms with van der Waals surface area (Å²) in [5, 5.41) is 7.45. The molecule has 0 aliphatic rings. The van der Waals surface area contributed by atoms with E-state index in [4.69, 9.17) is 15.4 Å². The normalized spacial score (nSPS) is 11.9. The number of halogens is 1.